The van der Waals surface area contributed by atoms with Crippen LogP contribution in [-0.4, -0.2) is 44.6 Å². The summed E-state index contributed by atoms with van der Waals surface area (Å²) in [6.07, 6.45) is 1.86. The van der Waals surface area contributed by atoms with Crippen LogP contribution in [0.3, 0.4) is 0 Å². The minimum Gasteiger partial charge on any atom is -0.481 e. The van der Waals surface area contributed by atoms with Crippen LogP contribution in [0.4, 0.5) is 0 Å². The number of aliphatic carboxylic acids is 1. The van der Waals surface area contributed by atoms with Crippen molar-refractivity contribution in [3.8, 4) is 0 Å². The molecule has 0 spiro atoms. The van der Waals surface area contributed by atoms with Crippen LogP contribution in [0, 0.1) is 5.41 Å². The molecular weight excluding hydrogens is 254 g/mol. The second-order valence-electron chi connectivity index (χ2n) is 4.56. The molecule has 6 nitrogen and oxygen atoms in total. The first-order valence-corrected chi connectivity index (χ1v) is 6.72. The number of likely N-dealkylation sites (tertiary alicyclic amines) is 1. The molecule has 18 heavy (non-hydrogen) atoms. The largest absolute Gasteiger partial charge is 0.481 e. The number of carbonyl (C=O) groups excluding carboxylic acids is 1. The average Bonchev–Trinajstić information content (AvgIpc) is 2.91. The number of amides is 1. The van der Waals surface area contributed by atoms with E-state index in [1.165, 1.54) is 0 Å². The van der Waals surface area contributed by atoms with E-state index in [1.54, 1.807) is 10.3 Å². The van der Waals surface area contributed by atoms with E-state index < -0.39 is 11.4 Å². The van der Waals surface area contributed by atoms with Gasteiger partial charge >= 0.3 is 5.97 Å². The fourth-order valence-electron chi connectivity index (χ4n) is 2.34. The summed E-state index contributed by atoms with van der Waals surface area (Å²) in [7, 11) is 0. The van der Waals surface area contributed by atoms with Gasteiger partial charge in [0.15, 0.2) is 5.69 Å². The van der Waals surface area contributed by atoms with Crippen molar-refractivity contribution in [3.63, 3.8) is 0 Å². The number of aromatic nitrogens is 2. The van der Waals surface area contributed by atoms with Gasteiger partial charge in [-0.3, -0.25) is 9.59 Å². The summed E-state index contributed by atoms with van der Waals surface area (Å²) in [5.41, 5.74) is -0.505. The van der Waals surface area contributed by atoms with Gasteiger partial charge in [0.25, 0.3) is 5.91 Å². The maximum absolute atomic E-state index is 12.1. The smallest absolute Gasteiger partial charge is 0.311 e. The molecule has 98 valence electrons. The van der Waals surface area contributed by atoms with E-state index in [4.69, 9.17) is 0 Å². The lowest BCUT2D eigenvalue weighted by atomic mass is 9.77. The van der Waals surface area contributed by atoms with E-state index >= 15 is 0 Å². The van der Waals surface area contributed by atoms with Crippen molar-refractivity contribution < 1.29 is 14.7 Å². The summed E-state index contributed by atoms with van der Waals surface area (Å²) in [6, 6.07) is 0. The van der Waals surface area contributed by atoms with E-state index in [-0.39, 0.29) is 12.5 Å². The molecular formula is C11H15N3O3S. The molecule has 0 aliphatic carbocycles. The Morgan fingerprint density at radius 1 is 1.61 bits per heavy atom. The Morgan fingerprint density at radius 3 is 2.94 bits per heavy atom. The Kier molecular flexibility index (Phi) is 3.60. The Hall–Kier alpha value is -1.50. The molecule has 1 N–H and O–H groups in total. The SMILES string of the molecule is CCC1(C(=O)O)CCCN(C(=O)c2csnn2)C1. The van der Waals surface area contributed by atoms with E-state index in [0.717, 1.165) is 11.5 Å². The minimum atomic E-state index is -0.820. The fraction of sp³-hybridized carbons (Fsp3) is 0.636. The lowest BCUT2D eigenvalue weighted by Gasteiger charge is -2.39. The van der Waals surface area contributed by atoms with E-state index in [1.807, 2.05) is 6.92 Å². The van der Waals surface area contributed by atoms with Crippen molar-refractivity contribution in [3.05, 3.63) is 11.1 Å². The van der Waals surface area contributed by atoms with Gasteiger partial charge in [-0.15, -0.1) is 5.10 Å². The third-order valence-electron chi connectivity index (χ3n) is 3.57. The quantitative estimate of drug-likeness (QED) is 0.893. The zero-order valence-corrected chi connectivity index (χ0v) is 10.9. The summed E-state index contributed by atoms with van der Waals surface area (Å²) in [6.45, 7) is 2.70. The van der Waals surface area contributed by atoms with Crippen molar-refractivity contribution in [2.75, 3.05) is 13.1 Å². The molecule has 7 heteroatoms. The predicted molar refractivity (Wildman–Crippen MR) is 65.4 cm³/mol. The summed E-state index contributed by atoms with van der Waals surface area (Å²) in [5, 5.41) is 14.7. The van der Waals surface area contributed by atoms with Crippen LogP contribution in [0.5, 0.6) is 0 Å². The average molecular weight is 269 g/mol. The molecule has 1 aliphatic heterocycles. The van der Waals surface area contributed by atoms with Crippen LogP contribution in [0.1, 0.15) is 36.7 Å². The molecule has 0 saturated carbocycles. The van der Waals surface area contributed by atoms with Crippen LogP contribution >= 0.6 is 11.5 Å². The molecule has 1 unspecified atom stereocenters. The number of carboxylic acid groups (broad SMARTS) is 1. The number of nitrogens with zero attached hydrogens (tertiary/aromatic N) is 3. The van der Waals surface area contributed by atoms with Gasteiger partial charge in [0.2, 0.25) is 0 Å². The standard InChI is InChI=1S/C11H15N3O3S/c1-2-11(10(16)17)4-3-5-14(7-11)9(15)8-6-18-13-12-8/h6H,2-5,7H2,1H3,(H,16,17). The molecule has 1 amide bonds. The highest BCUT2D eigenvalue weighted by molar-refractivity contribution is 7.03. The number of rotatable bonds is 3. The zero-order valence-electron chi connectivity index (χ0n) is 10.1. The van der Waals surface area contributed by atoms with Crippen LogP contribution in [0.25, 0.3) is 0 Å². The van der Waals surface area contributed by atoms with Gasteiger partial charge in [-0.2, -0.15) is 0 Å². The van der Waals surface area contributed by atoms with Gasteiger partial charge in [0.1, 0.15) is 0 Å². The van der Waals surface area contributed by atoms with Gasteiger partial charge < -0.3 is 10.0 Å². The number of carboxylic acids is 1. The molecule has 1 fully saturated rings. The van der Waals surface area contributed by atoms with Crippen LogP contribution in [-0.2, 0) is 4.79 Å². The van der Waals surface area contributed by atoms with Gasteiger partial charge in [-0.05, 0) is 30.8 Å². The molecule has 0 radical (unpaired) electrons. The summed E-state index contributed by atoms with van der Waals surface area (Å²) >= 11 is 1.12. The first kappa shape index (κ1) is 12.9. The van der Waals surface area contributed by atoms with Crippen LogP contribution in [0.2, 0.25) is 0 Å². The Morgan fingerprint density at radius 2 is 2.39 bits per heavy atom. The highest BCUT2D eigenvalue weighted by Gasteiger charge is 2.42. The normalized spacial score (nSPS) is 23.9. The first-order valence-electron chi connectivity index (χ1n) is 5.89. The van der Waals surface area contributed by atoms with E-state index in [9.17, 15) is 14.7 Å². The van der Waals surface area contributed by atoms with Crippen molar-refractivity contribution in [1.82, 2.24) is 14.5 Å². The molecule has 1 saturated heterocycles. The second kappa shape index (κ2) is 5.01. The monoisotopic (exact) mass is 269 g/mol. The Bertz CT molecular complexity index is 448. The van der Waals surface area contributed by atoms with Gasteiger partial charge in [0.05, 0.1) is 5.41 Å². The molecule has 0 bridgehead atoms. The number of hydrogen-bond acceptors (Lipinski definition) is 5. The van der Waals surface area contributed by atoms with Gasteiger partial charge in [-0.1, -0.05) is 11.4 Å². The maximum Gasteiger partial charge on any atom is 0.311 e. The number of hydrogen-bond donors (Lipinski definition) is 1. The summed E-state index contributed by atoms with van der Waals surface area (Å²) < 4.78 is 3.66. The van der Waals surface area contributed by atoms with Crippen molar-refractivity contribution in [2.45, 2.75) is 26.2 Å². The van der Waals surface area contributed by atoms with Crippen molar-refractivity contribution in [1.29, 1.82) is 0 Å². The molecule has 2 heterocycles. The van der Waals surface area contributed by atoms with Crippen LogP contribution < -0.4 is 0 Å². The highest BCUT2D eigenvalue weighted by Crippen LogP contribution is 2.34. The third kappa shape index (κ3) is 2.22. The Labute approximate surface area is 109 Å². The molecule has 2 rings (SSSR count). The molecule has 1 aromatic rings. The fourth-order valence-corrected chi connectivity index (χ4v) is 2.77. The molecule has 1 atom stereocenters. The highest BCUT2D eigenvalue weighted by atomic mass is 32.1. The number of piperidine rings is 1. The zero-order chi connectivity index (χ0) is 13.2. The second-order valence-corrected chi connectivity index (χ2v) is 5.17. The van der Waals surface area contributed by atoms with Gasteiger partial charge in [-0.25, -0.2) is 0 Å². The molecule has 1 aliphatic rings. The lowest BCUT2D eigenvalue weighted by molar-refractivity contribution is -0.152. The maximum atomic E-state index is 12.1. The van der Waals surface area contributed by atoms with Crippen molar-refractivity contribution >= 4 is 23.4 Å². The summed E-state index contributed by atoms with van der Waals surface area (Å²) in [4.78, 5) is 25.1. The third-order valence-corrected chi connectivity index (χ3v) is 4.08. The number of carbonyl (C=O) groups is 2. The van der Waals surface area contributed by atoms with E-state index in [0.29, 0.717) is 31.5 Å². The van der Waals surface area contributed by atoms with Crippen molar-refractivity contribution in [2.24, 2.45) is 5.41 Å². The van der Waals surface area contributed by atoms with Gasteiger partial charge in [0, 0.05) is 18.5 Å². The topological polar surface area (TPSA) is 83.4 Å². The minimum absolute atomic E-state index is 0.220. The van der Waals surface area contributed by atoms with E-state index in [2.05, 4.69) is 9.59 Å². The first-order chi connectivity index (χ1) is 8.59. The predicted octanol–water partition coefficient (Wildman–Crippen LogP) is 1.26. The van der Waals surface area contributed by atoms with Crippen LogP contribution in [0.15, 0.2) is 5.38 Å². The lowest BCUT2D eigenvalue weighted by Crippen LogP contribution is -2.49. The molecule has 1 aromatic heterocycles. The summed E-state index contributed by atoms with van der Waals surface area (Å²) in [5.74, 6) is -1.04. The molecule has 0 aromatic carbocycles. The Balaban J connectivity index is 2.16.